The first-order valence-electron chi connectivity index (χ1n) is 4.70. The van der Waals surface area contributed by atoms with Gasteiger partial charge in [-0.15, -0.1) is 0 Å². The van der Waals surface area contributed by atoms with Gasteiger partial charge in [0.2, 0.25) is 0 Å². The molecule has 1 aromatic carbocycles. The summed E-state index contributed by atoms with van der Waals surface area (Å²) in [5, 5.41) is 0. The van der Waals surface area contributed by atoms with E-state index >= 15 is 0 Å². The second kappa shape index (κ2) is 6.01. The van der Waals surface area contributed by atoms with Crippen LogP contribution in [0.15, 0.2) is 12.1 Å². The topological polar surface area (TPSA) is 52.3 Å². The van der Waals surface area contributed by atoms with Crippen LogP contribution in [-0.2, 0) is 4.74 Å². The lowest BCUT2D eigenvalue weighted by molar-refractivity contribution is 0.0599. The highest BCUT2D eigenvalue weighted by Gasteiger charge is 2.13. The van der Waals surface area contributed by atoms with Gasteiger partial charge in [-0.3, -0.25) is 0 Å². The van der Waals surface area contributed by atoms with Crippen LogP contribution >= 0.6 is 0 Å². The average Bonchev–Trinajstić information content (AvgIpc) is 2.28. The van der Waals surface area contributed by atoms with Crippen molar-refractivity contribution in [3.8, 4) is 0 Å². The molecular formula is C11H16FNO2. The van der Waals surface area contributed by atoms with Crippen LogP contribution in [0, 0.1) is 12.7 Å². The van der Waals surface area contributed by atoms with Crippen LogP contribution in [0.4, 0.5) is 10.1 Å². The number of carbonyl (C=O) groups excluding carboxylic acids is 1. The number of rotatable bonds is 1. The molecule has 0 spiro atoms. The van der Waals surface area contributed by atoms with Gasteiger partial charge in [-0.05, 0) is 19.1 Å². The van der Waals surface area contributed by atoms with Gasteiger partial charge < -0.3 is 10.5 Å². The van der Waals surface area contributed by atoms with Crippen LogP contribution in [0.5, 0.6) is 0 Å². The Kier molecular flexibility index (Phi) is 5.37. The molecule has 4 heteroatoms. The first-order valence-corrected chi connectivity index (χ1v) is 4.70. The molecular weight excluding hydrogens is 197 g/mol. The second-order valence-electron chi connectivity index (χ2n) is 2.63. The number of anilines is 1. The van der Waals surface area contributed by atoms with E-state index in [4.69, 9.17) is 5.73 Å². The molecule has 0 unspecified atom stereocenters. The summed E-state index contributed by atoms with van der Waals surface area (Å²) in [4.78, 5) is 11.1. The Labute approximate surface area is 89.0 Å². The summed E-state index contributed by atoms with van der Waals surface area (Å²) >= 11 is 0. The molecule has 0 atom stereocenters. The van der Waals surface area contributed by atoms with Gasteiger partial charge in [-0.2, -0.15) is 0 Å². The van der Waals surface area contributed by atoms with Crippen molar-refractivity contribution < 1.29 is 13.9 Å². The van der Waals surface area contributed by atoms with Gasteiger partial charge >= 0.3 is 5.97 Å². The van der Waals surface area contributed by atoms with Crippen LogP contribution in [-0.4, -0.2) is 13.1 Å². The zero-order chi connectivity index (χ0) is 12.0. The van der Waals surface area contributed by atoms with E-state index in [2.05, 4.69) is 4.74 Å². The number of esters is 1. The molecule has 84 valence electrons. The van der Waals surface area contributed by atoms with Crippen LogP contribution in [0.3, 0.4) is 0 Å². The quantitative estimate of drug-likeness (QED) is 0.576. The molecule has 0 saturated carbocycles. The molecule has 0 aliphatic rings. The van der Waals surface area contributed by atoms with Crippen molar-refractivity contribution in [2.24, 2.45) is 0 Å². The first kappa shape index (κ1) is 13.4. The third kappa shape index (κ3) is 2.94. The molecule has 0 bridgehead atoms. The number of nitrogens with two attached hydrogens (primary N) is 1. The number of nitrogen functional groups attached to an aromatic ring is 1. The predicted octanol–water partition coefficient (Wildman–Crippen LogP) is 2.53. The van der Waals surface area contributed by atoms with Crippen molar-refractivity contribution in [1.29, 1.82) is 0 Å². The van der Waals surface area contributed by atoms with Crippen LogP contribution in [0.25, 0.3) is 0 Å². The molecule has 0 aliphatic carbocycles. The first-order chi connectivity index (χ1) is 7.07. The molecule has 0 aliphatic heterocycles. The SMILES string of the molecule is CC.COC(=O)c1ccc(N)c(F)c1C. The van der Waals surface area contributed by atoms with E-state index in [1.165, 1.54) is 26.2 Å². The summed E-state index contributed by atoms with van der Waals surface area (Å²) in [5.41, 5.74) is 5.75. The fourth-order valence-electron chi connectivity index (χ4n) is 1.04. The number of halogens is 1. The van der Waals surface area contributed by atoms with E-state index in [9.17, 15) is 9.18 Å². The normalized spacial score (nSPS) is 8.87. The highest BCUT2D eigenvalue weighted by molar-refractivity contribution is 5.91. The number of methoxy groups -OCH3 is 1. The molecule has 3 nitrogen and oxygen atoms in total. The number of hydrogen-bond donors (Lipinski definition) is 1. The average molecular weight is 213 g/mol. The van der Waals surface area contributed by atoms with Gasteiger partial charge in [0.1, 0.15) is 5.82 Å². The molecule has 0 aromatic heterocycles. The lowest BCUT2D eigenvalue weighted by Crippen LogP contribution is -2.06. The third-order valence-electron chi connectivity index (χ3n) is 1.82. The highest BCUT2D eigenvalue weighted by atomic mass is 19.1. The van der Waals surface area contributed by atoms with Gasteiger partial charge in [0, 0.05) is 5.56 Å². The van der Waals surface area contributed by atoms with E-state index in [0.717, 1.165) is 0 Å². The minimum atomic E-state index is -0.567. The van der Waals surface area contributed by atoms with Gasteiger partial charge in [-0.25, -0.2) is 9.18 Å². The Hall–Kier alpha value is -1.58. The largest absolute Gasteiger partial charge is 0.465 e. The fraction of sp³-hybridized carbons (Fsp3) is 0.364. The Bertz CT molecular complexity index is 351. The van der Waals surface area contributed by atoms with Crippen molar-refractivity contribution in [3.05, 3.63) is 29.1 Å². The number of carbonyl (C=O) groups is 1. The minimum absolute atomic E-state index is 0.0325. The molecule has 0 saturated heterocycles. The Morgan fingerprint density at radius 3 is 2.40 bits per heavy atom. The van der Waals surface area contributed by atoms with Crippen LogP contribution in [0.2, 0.25) is 0 Å². The van der Waals surface area contributed by atoms with E-state index in [-0.39, 0.29) is 16.8 Å². The van der Waals surface area contributed by atoms with Gasteiger partial charge in [0.05, 0.1) is 18.4 Å². The maximum atomic E-state index is 13.2. The molecule has 0 heterocycles. The zero-order valence-electron chi connectivity index (χ0n) is 9.43. The predicted molar refractivity (Wildman–Crippen MR) is 58.2 cm³/mol. The van der Waals surface area contributed by atoms with Crippen molar-refractivity contribution in [1.82, 2.24) is 0 Å². The van der Waals surface area contributed by atoms with Gasteiger partial charge in [-0.1, -0.05) is 13.8 Å². The second-order valence-corrected chi connectivity index (χ2v) is 2.63. The molecule has 1 aromatic rings. The number of hydrogen-bond acceptors (Lipinski definition) is 3. The smallest absolute Gasteiger partial charge is 0.338 e. The molecule has 0 amide bonds. The number of ether oxygens (including phenoxy) is 1. The minimum Gasteiger partial charge on any atom is -0.465 e. The van der Waals surface area contributed by atoms with Crippen molar-refractivity contribution in [2.45, 2.75) is 20.8 Å². The van der Waals surface area contributed by atoms with Crippen LogP contribution in [0.1, 0.15) is 29.8 Å². The lowest BCUT2D eigenvalue weighted by atomic mass is 10.1. The zero-order valence-corrected chi connectivity index (χ0v) is 9.43. The fourth-order valence-corrected chi connectivity index (χ4v) is 1.04. The summed E-state index contributed by atoms with van der Waals surface area (Å²) in [6, 6.07) is 2.79. The monoisotopic (exact) mass is 213 g/mol. The standard InChI is InChI=1S/C9H10FNO2.C2H6/c1-5-6(9(12)13-2)3-4-7(11)8(5)10;1-2/h3-4H,11H2,1-2H3;1-2H3. The Morgan fingerprint density at radius 1 is 1.40 bits per heavy atom. The van der Waals surface area contributed by atoms with Gasteiger partial charge in [0.25, 0.3) is 0 Å². The van der Waals surface area contributed by atoms with E-state index < -0.39 is 11.8 Å². The maximum Gasteiger partial charge on any atom is 0.338 e. The van der Waals surface area contributed by atoms with E-state index in [0.29, 0.717) is 0 Å². The Morgan fingerprint density at radius 2 is 1.93 bits per heavy atom. The molecule has 0 fully saturated rings. The summed E-state index contributed by atoms with van der Waals surface area (Å²) in [7, 11) is 1.25. The summed E-state index contributed by atoms with van der Waals surface area (Å²) < 4.78 is 17.6. The van der Waals surface area contributed by atoms with Crippen molar-refractivity contribution >= 4 is 11.7 Å². The maximum absolute atomic E-state index is 13.2. The lowest BCUT2D eigenvalue weighted by Gasteiger charge is -2.05. The summed E-state index contributed by atoms with van der Waals surface area (Å²) in [6.45, 7) is 5.48. The molecule has 1 rings (SSSR count). The van der Waals surface area contributed by atoms with Crippen molar-refractivity contribution in [3.63, 3.8) is 0 Å². The van der Waals surface area contributed by atoms with E-state index in [1.807, 2.05) is 13.8 Å². The summed E-state index contributed by atoms with van der Waals surface area (Å²) in [6.07, 6.45) is 0. The van der Waals surface area contributed by atoms with Gasteiger partial charge in [0.15, 0.2) is 0 Å². The molecule has 2 N–H and O–H groups in total. The van der Waals surface area contributed by atoms with Crippen LogP contribution < -0.4 is 5.73 Å². The highest BCUT2D eigenvalue weighted by Crippen LogP contribution is 2.18. The van der Waals surface area contributed by atoms with Crippen molar-refractivity contribution in [2.75, 3.05) is 12.8 Å². The molecule has 0 radical (unpaired) electrons. The number of benzene rings is 1. The summed E-state index contributed by atoms with van der Waals surface area (Å²) in [5.74, 6) is -1.13. The molecule has 15 heavy (non-hydrogen) atoms. The third-order valence-corrected chi connectivity index (χ3v) is 1.82. The Balaban J connectivity index is 0.000000921. The van der Waals surface area contributed by atoms with E-state index in [1.54, 1.807) is 0 Å².